The van der Waals surface area contributed by atoms with Crippen LogP contribution in [0.3, 0.4) is 0 Å². The second-order valence-corrected chi connectivity index (χ2v) is 5.46. The van der Waals surface area contributed by atoms with Gasteiger partial charge in [0, 0.05) is 12.8 Å². The van der Waals surface area contributed by atoms with Gasteiger partial charge in [0.25, 0.3) is 0 Å². The molecule has 3 fully saturated rings. The van der Waals surface area contributed by atoms with E-state index in [9.17, 15) is 0 Å². The van der Waals surface area contributed by atoms with Crippen LogP contribution in [0.4, 0.5) is 0 Å². The van der Waals surface area contributed by atoms with E-state index < -0.39 is 0 Å². The summed E-state index contributed by atoms with van der Waals surface area (Å²) in [5, 5.41) is 2.51. The summed E-state index contributed by atoms with van der Waals surface area (Å²) in [5.74, 6) is 0.940. The quantitative estimate of drug-likeness (QED) is 0.305. The van der Waals surface area contributed by atoms with E-state index in [0.29, 0.717) is 0 Å². The van der Waals surface area contributed by atoms with Crippen LogP contribution in [-0.2, 0) is 0 Å². The Labute approximate surface area is 98.7 Å². The first kappa shape index (κ1) is 11.7. The van der Waals surface area contributed by atoms with Crippen molar-refractivity contribution in [3.05, 3.63) is 0 Å². The predicted molar refractivity (Wildman–Crippen MR) is 64.5 cm³/mol. The molecule has 3 rings (SSSR count). The molecule has 3 aliphatic rings. The minimum Gasteiger partial charge on any atom is -0.242 e. The minimum absolute atomic E-state index is 0.725. The van der Waals surface area contributed by atoms with Gasteiger partial charge < -0.3 is 0 Å². The van der Waals surface area contributed by atoms with Gasteiger partial charge in [0.05, 0.1) is 26.2 Å². The highest BCUT2D eigenvalue weighted by atomic mass is 35.5. The van der Waals surface area contributed by atoms with Crippen molar-refractivity contribution >= 4 is 11.6 Å². The molecule has 3 heteroatoms. The van der Waals surface area contributed by atoms with E-state index in [1.54, 1.807) is 0 Å². The summed E-state index contributed by atoms with van der Waals surface area (Å²) in [5.41, 5.74) is 0. The molecule has 2 nitrogen and oxygen atoms in total. The Bertz CT molecular complexity index is 200. The van der Waals surface area contributed by atoms with Crippen LogP contribution in [0, 0.1) is 5.92 Å². The summed E-state index contributed by atoms with van der Waals surface area (Å²) in [6.45, 7) is 7.55. The maximum Gasteiger partial charge on any atom is 0.122 e. The van der Waals surface area contributed by atoms with Crippen LogP contribution in [0.25, 0.3) is 0 Å². The smallest absolute Gasteiger partial charge is 0.122 e. The van der Waals surface area contributed by atoms with E-state index in [-0.39, 0.29) is 0 Å². The van der Waals surface area contributed by atoms with Crippen LogP contribution in [0.15, 0.2) is 0 Å². The van der Waals surface area contributed by atoms with Crippen molar-refractivity contribution in [3.8, 4) is 0 Å². The number of rotatable bonds is 5. The molecule has 0 amide bonds. The fourth-order valence-electron chi connectivity index (χ4n) is 3.22. The van der Waals surface area contributed by atoms with Crippen molar-refractivity contribution in [2.24, 2.45) is 5.92 Å². The number of hydrogen-bond acceptors (Lipinski definition) is 1. The van der Waals surface area contributed by atoms with Crippen LogP contribution >= 0.6 is 11.6 Å². The lowest BCUT2D eigenvalue weighted by Gasteiger charge is -2.54. The summed E-state index contributed by atoms with van der Waals surface area (Å²) >= 11 is 6.09. The van der Waals surface area contributed by atoms with Crippen LogP contribution in [0.5, 0.6) is 0 Å². The number of unbranched alkanes of at least 4 members (excludes halogenated alkanes) is 2. The number of hydrogen-bond donors (Lipinski definition) is 0. The molecular weight excluding hydrogens is 208 g/mol. The monoisotopic (exact) mass is 231 g/mol. The van der Waals surface area contributed by atoms with Gasteiger partial charge in [-0.05, 0) is 18.8 Å². The Morgan fingerprint density at radius 3 is 2.60 bits per heavy atom. The highest BCUT2D eigenvalue weighted by Crippen LogP contribution is 2.34. The van der Waals surface area contributed by atoms with Gasteiger partial charge in [-0.1, -0.05) is 13.3 Å². The average Bonchev–Trinajstić information content (AvgIpc) is 2.30. The second-order valence-electron chi connectivity index (χ2n) is 5.22. The molecule has 3 saturated heterocycles. The van der Waals surface area contributed by atoms with Crippen LogP contribution in [0.2, 0.25) is 0 Å². The third-order valence-corrected chi connectivity index (χ3v) is 4.57. The average molecular weight is 232 g/mol. The summed E-state index contributed by atoms with van der Waals surface area (Å²) in [7, 11) is 0. The van der Waals surface area contributed by atoms with Crippen molar-refractivity contribution in [2.75, 3.05) is 32.2 Å². The zero-order valence-electron chi connectivity index (χ0n) is 9.92. The third-order valence-electron chi connectivity index (χ3n) is 4.29. The molecule has 0 aliphatic carbocycles. The highest BCUT2D eigenvalue weighted by molar-refractivity contribution is 6.17. The Hall–Kier alpha value is 0.210. The molecule has 3 heterocycles. The van der Waals surface area contributed by atoms with Crippen LogP contribution < -0.4 is 0 Å². The van der Waals surface area contributed by atoms with Gasteiger partial charge in [-0.15, -0.1) is 16.6 Å². The third kappa shape index (κ3) is 2.32. The Morgan fingerprint density at radius 1 is 1.27 bits per heavy atom. The van der Waals surface area contributed by atoms with Crippen molar-refractivity contribution in [1.29, 1.82) is 0 Å². The van der Waals surface area contributed by atoms with Crippen molar-refractivity contribution < 1.29 is 4.59 Å². The molecule has 0 saturated carbocycles. The largest absolute Gasteiger partial charge is 0.242 e. The van der Waals surface area contributed by atoms with E-state index in [1.165, 1.54) is 62.9 Å². The molecule has 88 valence electrons. The Balaban J connectivity index is 1.95. The van der Waals surface area contributed by atoms with Gasteiger partial charge in [0.15, 0.2) is 0 Å². The fourth-order valence-corrected chi connectivity index (χ4v) is 3.55. The zero-order valence-corrected chi connectivity index (χ0v) is 10.7. The SMILES string of the molecule is CCCCC[N+]12CCC(CC1)CN2CCl. The molecule has 2 bridgehead atoms. The topological polar surface area (TPSA) is 3.24 Å². The summed E-state index contributed by atoms with van der Waals surface area (Å²) < 4.78 is 1.21. The lowest BCUT2D eigenvalue weighted by Crippen LogP contribution is -2.69. The fraction of sp³-hybridized carbons (Fsp3) is 1.00. The van der Waals surface area contributed by atoms with E-state index in [0.717, 1.165) is 11.9 Å². The van der Waals surface area contributed by atoms with E-state index >= 15 is 0 Å². The highest BCUT2D eigenvalue weighted by Gasteiger charge is 2.45. The van der Waals surface area contributed by atoms with E-state index in [2.05, 4.69) is 11.9 Å². The molecule has 15 heavy (non-hydrogen) atoms. The van der Waals surface area contributed by atoms with Crippen molar-refractivity contribution in [2.45, 2.75) is 39.0 Å². The van der Waals surface area contributed by atoms with Crippen LogP contribution in [-0.4, -0.2) is 41.8 Å². The molecular formula is C12H24ClN2+. The molecule has 0 spiro atoms. The van der Waals surface area contributed by atoms with E-state index in [4.69, 9.17) is 11.6 Å². The number of nitrogens with zero attached hydrogens (tertiary/aromatic N) is 2. The number of fused-ring (bicyclic) bond motifs is 3. The zero-order chi connectivity index (χ0) is 10.7. The van der Waals surface area contributed by atoms with Gasteiger partial charge in [-0.3, -0.25) is 0 Å². The number of piperidine rings is 1. The number of alkyl halides is 1. The molecule has 0 atom stereocenters. The molecule has 0 aromatic heterocycles. The van der Waals surface area contributed by atoms with Gasteiger partial charge in [0.1, 0.15) is 6.00 Å². The van der Waals surface area contributed by atoms with Crippen LogP contribution in [0.1, 0.15) is 39.0 Å². The Morgan fingerprint density at radius 2 is 2.00 bits per heavy atom. The maximum atomic E-state index is 6.09. The van der Waals surface area contributed by atoms with Gasteiger partial charge in [0.2, 0.25) is 0 Å². The van der Waals surface area contributed by atoms with E-state index in [1.807, 2.05) is 0 Å². The summed E-state index contributed by atoms with van der Waals surface area (Å²) in [4.78, 5) is 0. The summed E-state index contributed by atoms with van der Waals surface area (Å²) in [6.07, 6.45) is 6.93. The van der Waals surface area contributed by atoms with Gasteiger partial charge in [-0.25, -0.2) is 4.59 Å². The first-order valence-corrected chi connectivity index (χ1v) is 7.01. The number of halogens is 1. The molecule has 0 unspecified atom stereocenters. The standard InChI is InChI=1S/C12H24ClN2/c1-2-3-4-7-15-8-5-12(6-9-15)10-14(15)11-13/h12H,2-11H2,1H3/q+1. The predicted octanol–water partition coefficient (Wildman–Crippen LogP) is 2.83. The lowest BCUT2D eigenvalue weighted by atomic mass is 9.92. The molecule has 0 aromatic carbocycles. The van der Waals surface area contributed by atoms with Crippen molar-refractivity contribution in [3.63, 3.8) is 0 Å². The molecule has 0 radical (unpaired) electrons. The van der Waals surface area contributed by atoms with Gasteiger partial charge >= 0.3 is 0 Å². The molecule has 0 N–H and O–H groups in total. The second kappa shape index (κ2) is 5.03. The first-order chi connectivity index (χ1) is 7.30. The molecule has 3 aliphatic heterocycles. The number of quaternary nitrogens is 1. The minimum atomic E-state index is 0.725. The van der Waals surface area contributed by atoms with Gasteiger partial charge in [-0.2, -0.15) is 0 Å². The first-order valence-electron chi connectivity index (χ1n) is 6.48. The lowest BCUT2D eigenvalue weighted by molar-refractivity contribution is -1.05. The maximum absolute atomic E-state index is 6.09. The summed E-state index contributed by atoms with van der Waals surface area (Å²) in [6, 6.07) is 0.725. The molecule has 0 aromatic rings. The normalized spacial score (nSPS) is 36.0. The Kier molecular flexibility index (Phi) is 3.92. The van der Waals surface area contributed by atoms with Crippen molar-refractivity contribution in [1.82, 2.24) is 5.01 Å².